The average Bonchev–Trinajstić information content (AvgIpc) is 3.02. The molecule has 0 bridgehead atoms. The molecule has 0 aliphatic heterocycles. The van der Waals surface area contributed by atoms with E-state index < -0.39 is 0 Å². The lowest BCUT2D eigenvalue weighted by Gasteiger charge is -2.02. The third-order valence-electron chi connectivity index (χ3n) is 3.30. The molecule has 0 fully saturated rings. The monoisotopic (exact) mass is 366 g/mol. The molecule has 0 radical (unpaired) electrons. The van der Waals surface area contributed by atoms with Crippen molar-refractivity contribution in [3.63, 3.8) is 0 Å². The summed E-state index contributed by atoms with van der Waals surface area (Å²) < 4.78 is 1.88. The van der Waals surface area contributed by atoms with E-state index in [1.165, 1.54) is 22.2 Å². The summed E-state index contributed by atoms with van der Waals surface area (Å²) >= 11 is 3.16. The fraction of sp³-hybridized carbons (Fsp3) is 0.105. The van der Waals surface area contributed by atoms with Gasteiger partial charge in [-0.1, -0.05) is 47.7 Å². The highest BCUT2D eigenvalue weighted by molar-refractivity contribution is 8.14. The standard InChI is InChI=1S/C19H18N4S2/c1-15-8-10-16(11-9-15)21-18(25-19-22-20-14-23(19)2)12-13-24-17-6-4-3-5-7-17/h3-14H,1-2H3. The van der Waals surface area contributed by atoms with Crippen LogP contribution < -0.4 is 0 Å². The van der Waals surface area contributed by atoms with Crippen LogP contribution in [0.4, 0.5) is 5.69 Å². The molecule has 6 heteroatoms. The Morgan fingerprint density at radius 3 is 2.52 bits per heavy atom. The number of hydrogen-bond acceptors (Lipinski definition) is 5. The van der Waals surface area contributed by atoms with Gasteiger partial charge in [-0.15, -0.1) is 10.2 Å². The van der Waals surface area contributed by atoms with Gasteiger partial charge in [0.2, 0.25) is 0 Å². The third kappa shape index (κ3) is 5.34. The molecule has 1 heterocycles. The molecule has 0 unspecified atom stereocenters. The van der Waals surface area contributed by atoms with Crippen molar-refractivity contribution in [3.05, 3.63) is 78.0 Å². The highest BCUT2D eigenvalue weighted by Gasteiger charge is 2.06. The minimum Gasteiger partial charge on any atom is -0.311 e. The average molecular weight is 367 g/mol. The summed E-state index contributed by atoms with van der Waals surface area (Å²) in [6.45, 7) is 2.07. The zero-order valence-corrected chi connectivity index (χ0v) is 15.7. The van der Waals surface area contributed by atoms with Crippen molar-refractivity contribution < 1.29 is 0 Å². The van der Waals surface area contributed by atoms with Crippen molar-refractivity contribution in [2.75, 3.05) is 0 Å². The van der Waals surface area contributed by atoms with Crippen molar-refractivity contribution in [1.82, 2.24) is 14.8 Å². The van der Waals surface area contributed by atoms with Crippen LogP contribution >= 0.6 is 23.5 Å². The number of hydrogen-bond donors (Lipinski definition) is 0. The smallest absolute Gasteiger partial charge is 0.197 e. The first kappa shape index (κ1) is 17.5. The molecule has 0 N–H and O–H groups in total. The lowest BCUT2D eigenvalue weighted by atomic mass is 10.2. The zero-order valence-electron chi connectivity index (χ0n) is 14.0. The fourth-order valence-corrected chi connectivity index (χ4v) is 3.48. The third-order valence-corrected chi connectivity index (χ3v) is 5.10. The maximum absolute atomic E-state index is 4.75. The first-order valence-electron chi connectivity index (χ1n) is 7.76. The van der Waals surface area contributed by atoms with Crippen LogP contribution in [0.15, 0.2) is 87.5 Å². The second-order valence-corrected chi connectivity index (χ2v) is 7.31. The quantitative estimate of drug-likeness (QED) is 0.351. The van der Waals surface area contributed by atoms with Crippen LogP contribution in [-0.2, 0) is 7.05 Å². The Balaban J connectivity index is 1.80. The Labute approximate surface area is 156 Å². The van der Waals surface area contributed by atoms with Crippen LogP contribution in [-0.4, -0.2) is 19.8 Å². The van der Waals surface area contributed by atoms with Crippen LogP contribution in [0.3, 0.4) is 0 Å². The van der Waals surface area contributed by atoms with Gasteiger partial charge >= 0.3 is 0 Å². The van der Waals surface area contributed by atoms with E-state index >= 15 is 0 Å². The Hall–Kier alpha value is -2.31. The number of aliphatic imine (C=N–C) groups is 1. The molecule has 0 atom stereocenters. The van der Waals surface area contributed by atoms with Crippen LogP contribution in [0, 0.1) is 6.92 Å². The second-order valence-electron chi connectivity index (χ2n) is 5.35. The first-order valence-corrected chi connectivity index (χ1v) is 9.46. The molecule has 0 amide bonds. The van der Waals surface area contributed by atoms with E-state index in [0.717, 1.165) is 15.9 Å². The van der Waals surface area contributed by atoms with Crippen molar-refractivity contribution in [2.24, 2.45) is 12.0 Å². The number of rotatable bonds is 5. The van der Waals surface area contributed by atoms with Crippen molar-refractivity contribution in [2.45, 2.75) is 17.0 Å². The maximum atomic E-state index is 4.75. The lowest BCUT2D eigenvalue weighted by Crippen LogP contribution is -1.93. The summed E-state index contributed by atoms with van der Waals surface area (Å²) in [6, 6.07) is 18.4. The van der Waals surface area contributed by atoms with E-state index in [1.54, 1.807) is 18.1 Å². The van der Waals surface area contributed by atoms with Gasteiger partial charge in [-0.3, -0.25) is 0 Å². The predicted molar refractivity (Wildman–Crippen MR) is 107 cm³/mol. The van der Waals surface area contributed by atoms with Crippen molar-refractivity contribution in [3.8, 4) is 0 Å². The Bertz CT molecular complexity index is 868. The molecule has 1 aromatic heterocycles. The van der Waals surface area contributed by atoms with Gasteiger partial charge in [-0.05, 0) is 54.4 Å². The van der Waals surface area contributed by atoms with Crippen LogP contribution in [0.2, 0.25) is 0 Å². The number of thioether (sulfide) groups is 2. The molecule has 0 saturated carbocycles. The molecule has 0 saturated heterocycles. The molecule has 0 aliphatic carbocycles. The first-order chi connectivity index (χ1) is 12.2. The normalized spacial score (nSPS) is 12.0. The second kappa shape index (κ2) is 8.69. The minimum atomic E-state index is 0.806. The largest absolute Gasteiger partial charge is 0.311 e. The van der Waals surface area contributed by atoms with Gasteiger partial charge in [0.05, 0.1) is 5.69 Å². The fourth-order valence-electron chi connectivity index (χ4n) is 1.97. The minimum absolute atomic E-state index is 0.806. The van der Waals surface area contributed by atoms with E-state index in [4.69, 9.17) is 4.99 Å². The molecule has 0 spiro atoms. The maximum Gasteiger partial charge on any atom is 0.197 e. The van der Waals surface area contributed by atoms with Crippen molar-refractivity contribution in [1.29, 1.82) is 0 Å². The summed E-state index contributed by atoms with van der Waals surface area (Å²) in [7, 11) is 1.92. The highest BCUT2D eigenvalue weighted by atomic mass is 32.2. The molecule has 3 aromatic rings. The summed E-state index contributed by atoms with van der Waals surface area (Å²) in [5.41, 5.74) is 2.14. The summed E-state index contributed by atoms with van der Waals surface area (Å²) in [5.74, 6) is 0. The van der Waals surface area contributed by atoms with Crippen LogP contribution in [0.5, 0.6) is 0 Å². The topological polar surface area (TPSA) is 43.1 Å². The Kier molecular flexibility index (Phi) is 6.09. The van der Waals surface area contributed by atoms with E-state index in [0.29, 0.717) is 0 Å². The highest BCUT2D eigenvalue weighted by Crippen LogP contribution is 2.24. The van der Waals surface area contributed by atoms with E-state index in [1.807, 2.05) is 53.4 Å². The number of aromatic nitrogens is 3. The van der Waals surface area contributed by atoms with Gasteiger partial charge in [0.1, 0.15) is 11.4 Å². The summed E-state index contributed by atoms with van der Waals surface area (Å²) in [6.07, 6.45) is 3.70. The van der Waals surface area contributed by atoms with Gasteiger partial charge < -0.3 is 4.57 Å². The molecular formula is C19H18N4S2. The lowest BCUT2D eigenvalue weighted by molar-refractivity contribution is 0.791. The molecule has 126 valence electrons. The van der Waals surface area contributed by atoms with Crippen LogP contribution in [0.25, 0.3) is 0 Å². The van der Waals surface area contributed by atoms with Gasteiger partial charge in [0.15, 0.2) is 5.16 Å². The molecule has 4 nitrogen and oxygen atoms in total. The van der Waals surface area contributed by atoms with Gasteiger partial charge in [0, 0.05) is 11.9 Å². The van der Waals surface area contributed by atoms with Gasteiger partial charge in [0.25, 0.3) is 0 Å². The SMILES string of the molecule is Cc1ccc(N=C(C=CSc2ccccc2)Sc2nncn2C)cc1. The molecule has 2 aromatic carbocycles. The summed E-state index contributed by atoms with van der Waals surface area (Å²) in [5, 5.41) is 11.8. The van der Waals surface area contributed by atoms with Gasteiger partial charge in [-0.25, -0.2) is 4.99 Å². The summed E-state index contributed by atoms with van der Waals surface area (Å²) in [4.78, 5) is 5.94. The molecule has 0 aliphatic rings. The predicted octanol–water partition coefficient (Wildman–Crippen LogP) is 5.25. The van der Waals surface area contributed by atoms with Crippen LogP contribution in [0.1, 0.15) is 5.56 Å². The molecular weight excluding hydrogens is 348 g/mol. The van der Waals surface area contributed by atoms with Gasteiger partial charge in [-0.2, -0.15) is 0 Å². The number of benzene rings is 2. The number of aryl methyl sites for hydroxylation is 2. The van der Waals surface area contributed by atoms with E-state index in [-0.39, 0.29) is 0 Å². The Morgan fingerprint density at radius 1 is 1.08 bits per heavy atom. The number of nitrogens with zero attached hydrogens (tertiary/aromatic N) is 4. The Morgan fingerprint density at radius 2 is 1.84 bits per heavy atom. The molecule has 25 heavy (non-hydrogen) atoms. The van der Waals surface area contributed by atoms with E-state index in [2.05, 4.69) is 41.4 Å². The zero-order chi connectivity index (χ0) is 17.5. The molecule has 3 rings (SSSR count). The van der Waals surface area contributed by atoms with Crippen molar-refractivity contribution >= 4 is 34.3 Å². The van der Waals surface area contributed by atoms with E-state index in [9.17, 15) is 0 Å².